The van der Waals surface area contributed by atoms with E-state index in [9.17, 15) is 0 Å². The van der Waals surface area contributed by atoms with Crippen LogP contribution in [0.25, 0.3) is 0 Å². The fourth-order valence-corrected chi connectivity index (χ4v) is 23.5. The zero-order chi connectivity index (χ0) is 14.0. The van der Waals surface area contributed by atoms with Crippen LogP contribution in [-0.4, -0.2) is 14.1 Å². The van der Waals surface area contributed by atoms with Crippen LogP contribution in [0.4, 0.5) is 0 Å². The SMILES string of the molecule is CC[C]1([Hf]([NH]C)([NH]C)[C]2(CC)C=CC=C2)C=CC=C1. The molecule has 0 atom stereocenters. The third-order valence-corrected chi connectivity index (χ3v) is 25.5. The van der Waals surface area contributed by atoms with E-state index < -0.39 is 20.5 Å². The van der Waals surface area contributed by atoms with Gasteiger partial charge in [-0.1, -0.05) is 0 Å². The van der Waals surface area contributed by atoms with Crippen LogP contribution < -0.4 is 6.61 Å². The Morgan fingerprint density at radius 1 is 0.737 bits per heavy atom. The summed E-state index contributed by atoms with van der Waals surface area (Å²) in [5.74, 6) is 0. The molecule has 0 aliphatic heterocycles. The maximum atomic E-state index is 3.84. The van der Waals surface area contributed by atoms with Gasteiger partial charge in [0.25, 0.3) is 0 Å². The van der Waals surface area contributed by atoms with Crippen LogP contribution in [0, 0.1) is 0 Å². The molecule has 0 aromatic carbocycles. The van der Waals surface area contributed by atoms with Crippen molar-refractivity contribution in [3.8, 4) is 0 Å². The summed E-state index contributed by atoms with van der Waals surface area (Å²) < 4.78 is 8.11. The summed E-state index contributed by atoms with van der Waals surface area (Å²) in [6.07, 6.45) is 20.9. The Morgan fingerprint density at radius 3 is 1.26 bits per heavy atom. The predicted octanol–water partition coefficient (Wildman–Crippen LogP) is 3.80. The van der Waals surface area contributed by atoms with E-state index in [1.54, 1.807) is 0 Å². The topological polar surface area (TPSA) is 24.1 Å². The molecule has 0 saturated carbocycles. The van der Waals surface area contributed by atoms with Crippen LogP contribution in [0.3, 0.4) is 0 Å². The first-order chi connectivity index (χ1) is 9.16. The Labute approximate surface area is 122 Å². The van der Waals surface area contributed by atoms with Gasteiger partial charge in [0.2, 0.25) is 0 Å². The van der Waals surface area contributed by atoms with Gasteiger partial charge in [-0.05, 0) is 0 Å². The molecule has 2 aliphatic carbocycles. The fraction of sp³-hybridized carbons (Fsp3) is 0.500. The molecule has 0 heterocycles. The van der Waals surface area contributed by atoms with Gasteiger partial charge in [0.15, 0.2) is 0 Å². The number of nitrogens with one attached hydrogen (secondary N) is 2. The van der Waals surface area contributed by atoms with E-state index in [4.69, 9.17) is 0 Å². The summed E-state index contributed by atoms with van der Waals surface area (Å²) in [4.78, 5) is 0. The van der Waals surface area contributed by atoms with Crippen molar-refractivity contribution in [2.45, 2.75) is 33.0 Å². The van der Waals surface area contributed by atoms with Crippen molar-refractivity contribution in [3.63, 3.8) is 0 Å². The van der Waals surface area contributed by atoms with Gasteiger partial charge in [-0.15, -0.1) is 0 Å². The van der Waals surface area contributed by atoms with Gasteiger partial charge < -0.3 is 0 Å². The first kappa shape index (κ1) is 15.1. The van der Waals surface area contributed by atoms with Crippen molar-refractivity contribution in [2.24, 2.45) is 0 Å². The number of hydrogen-bond donors (Lipinski definition) is 2. The van der Waals surface area contributed by atoms with Gasteiger partial charge in [-0.25, -0.2) is 0 Å². The third-order valence-electron chi connectivity index (χ3n) is 5.11. The Hall–Kier alpha value is -0.250. The molecule has 0 aromatic rings. The summed E-state index contributed by atoms with van der Waals surface area (Å²) in [7, 11) is 4.32. The van der Waals surface area contributed by atoms with Gasteiger partial charge >= 0.3 is 123 Å². The molecule has 3 heteroatoms. The van der Waals surface area contributed by atoms with Crippen LogP contribution in [0.15, 0.2) is 48.6 Å². The minimum atomic E-state index is -3.11. The molecule has 0 bridgehead atoms. The second-order valence-electron chi connectivity index (χ2n) is 5.47. The molecule has 0 spiro atoms. The Bertz CT molecular complexity index is 380. The minimum absolute atomic E-state index is 0.214. The van der Waals surface area contributed by atoms with Crippen molar-refractivity contribution in [2.75, 3.05) is 14.1 Å². The fourth-order valence-electron chi connectivity index (χ4n) is 4.01. The summed E-state index contributed by atoms with van der Waals surface area (Å²) in [5, 5.41) is 0. The normalized spacial score (nSPS) is 22.5. The molecule has 2 N–H and O–H groups in total. The predicted molar refractivity (Wildman–Crippen MR) is 80.6 cm³/mol. The quantitative estimate of drug-likeness (QED) is 0.634. The van der Waals surface area contributed by atoms with E-state index in [0.717, 1.165) is 12.8 Å². The van der Waals surface area contributed by atoms with Crippen LogP contribution >= 0.6 is 0 Å². The molecule has 0 amide bonds. The van der Waals surface area contributed by atoms with Gasteiger partial charge in [0.05, 0.1) is 0 Å². The van der Waals surface area contributed by atoms with Crippen molar-refractivity contribution in [1.29, 1.82) is 0 Å². The Kier molecular flexibility index (Phi) is 4.49. The second kappa shape index (κ2) is 5.63. The molecule has 19 heavy (non-hydrogen) atoms. The number of allylic oxidation sites excluding steroid dienone is 8. The van der Waals surface area contributed by atoms with Gasteiger partial charge in [0.1, 0.15) is 0 Å². The third kappa shape index (κ3) is 1.93. The van der Waals surface area contributed by atoms with E-state index in [2.05, 4.69) is 83.2 Å². The molecule has 0 saturated heterocycles. The maximum absolute atomic E-state index is 3.84. The van der Waals surface area contributed by atoms with Gasteiger partial charge in [0, 0.05) is 0 Å². The van der Waals surface area contributed by atoms with E-state index in [-0.39, 0.29) is 6.34 Å². The van der Waals surface area contributed by atoms with Crippen molar-refractivity contribution >= 4 is 0 Å². The zero-order valence-electron chi connectivity index (χ0n) is 12.5. The Balaban J connectivity index is 2.61. The standard InChI is InChI=1S/2C7H9.2CH4N.Hf/c2*1-2-7-5-3-4-6-7;2*1-2;/h2*3-6H,2H2,1H3;2*2H,1H3;/q;;2*-1;+2. The van der Waals surface area contributed by atoms with E-state index in [1.807, 2.05) is 0 Å². The first-order valence-electron chi connectivity index (χ1n) is 7.28. The molecule has 2 aliphatic rings. The number of hydrogen-bond acceptors (Lipinski definition) is 2. The first-order valence-corrected chi connectivity index (χ1v) is 14.5. The molecule has 0 unspecified atom stereocenters. The van der Waals surface area contributed by atoms with Crippen molar-refractivity contribution in [1.82, 2.24) is 6.61 Å². The Morgan fingerprint density at radius 2 is 1.05 bits per heavy atom. The molecule has 2 nitrogen and oxygen atoms in total. The number of rotatable bonds is 6. The summed E-state index contributed by atoms with van der Waals surface area (Å²) >= 11 is -3.11. The van der Waals surface area contributed by atoms with Crippen LogP contribution in [-0.2, 0) is 20.5 Å². The average molecular weight is 425 g/mol. The average Bonchev–Trinajstić information content (AvgIpc) is 3.11. The zero-order valence-corrected chi connectivity index (χ0v) is 16.1. The second-order valence-corrected chi connectivity index (χ2v) is 21.1. The van der Waals surface area contributed by atoms with Gasteiger partial charge in [-0.2, -0.15) is 0 Å². The van der Waals surface area contributed by atoms with Crippen LogP contribution in [0.2, 0.25) is 6.34 Å². The van der Waals surface area contributed by atoms with Crippen molar-refractivity contribution in [3.05, 3.63) is 48.6 Å². The van der Waals surface area contributed by atoms with E-state index in [1.165, 1.54) is 0 Å². The molecule has 0 fully saturated rings. The monoisotopic (exact) mass is 426 g/mol. The molecular weight excluding hydrogens is 399 g/mol. The molecule has 0 radical (unpaired) electrons. The summed E-state index contributed by atoms with van der Waals surface area (Å²) in [6, 6.07) is 0. The molecule has 0 aromatic heterocycles. The van der Waals surface area contributed by atoms with E-state index in [0.29, 0.717) is 0 Å². The molecular formula is C16H26HfN2. The van der Waals surface area contributed by atoms with E-state index >= 15 is 0 Å². The van der Waals surface area contributed by atoms with Crippen LogP contribution in [0.5, 0.6) is 0 Å². The summed E-state index contributed by atoms with van der Waals surface area (Å²) in [5.41, 5.74) is 0. The molecule has 104 valence electrons. The van der Waals surface area contributed by atoms with Crippen molar-refractivity contribution < 1.29 is 20.5 Å². The van der Waals surface area contributed by atoms with Gasteiger partial charge in [-0.3, -0.25) is 0 Å². The summed E-state index contributed by atoms with van der Waals surface area (Å²) in [6.45, 7) is 4.63. The van der Waals surface area contributed by atoms with Crippen LogP contribution in [0.1, 0.15) is 26.7 Å². The molecule has 2 rings (SSSR count).